The van der Waals surface area contributed by atoms with Crippen molar-refractivity contribution in [3.05, 3.63) is 34.3 Å². The predicted molar refractivity (Wildman–Crippen MR) is 81.9 cm³/mol. The van der Waals surface area contributed by atoms with Crippen LogP contribution in [0.4, 0.5) is 0 Å². The molecule has 0 spiro atoms. The van der Waals surface area contributed by atoms with Crippen molar-refractivity contribution in [3.63, 3.8) is 0 Å². The highest BCUT2D eigenvalue weighted by atomic mass is 79.9. The second-order valence-corrected chi connectivity index (χ2v) is 6.96. The zero-order chi connectivity index (χ0) is 13.0. The van der Waals surface area contributed by atoms with Gasteiger partial charge in [-0.05, 0) is 42.4 Å². The Labute approximate surface area is 119 Å². The van der Waals surface area contributed by atoms with Gasteiger partial charge >= 0.3 is 0 Å². The number of hydrogen-bond acceptors (Lipinski definition) is 1. The van der Waals surface area contributed by atoms with E-state index in [2.05, 4.69) is 59.4 Å². The molecule has 1 aliphatic carbocycles. The van der Waals surface area contributed by atoms with Crippen LogP contribution in [0.1, 0.15) is 45.1 Å². The van der Waals surface area contributed by atoms with Gasteiger partial charge in [0.15, 0.2) is 0 Å². The summed E-state index contributed by atoms with van der Waals surface area (Å²) in [6.45, 7) is 5.64. The molecular weight excluding hydrogens is 286 g/mol. The molecule has 1 nitrogen and oxygen atoms in total. The Morgan fingerprint density at radius 3 is 2.33 bits per heavy atom. The standard InChI is InChI=1S/C16H24BrN/c1-13(2)18-12-16(9-3-4-10-16)11-14-5-7-15(17)8-6-14/h5-8,13,18H,3-4,9-12H2,1-2H3. The Balaban J connectivity index is 2.03. The van der Waals surface area contributed by atoms with Gasteiger partial charge in [0.05, 0.1) is 0 Å². The summed E-state index contributed by atoms with van der Waals surface area (Å²) in [7, 11) is 0. The van der Waals surface area contributed by atoms with Crippen molar-refractivity contribution in [2.75, 3.05) is 6.54 Å². The average Bonchev–Trinajstić information content (AvgIpc) is 2.79. The molecule has 2 rings (SSSR count). The first-order valence-electron chi connectivity index (χ1n) is 7.08. The zero-order valence-corrected chi connectivity index (χ0v) is 13.1. The molecule has 0 saturated heterocycles. The van der Waals surface area contributed by atoms with E-state index in [-0.39, 0.29) is 0 Å². The second-order valence-electron chi connectivity index (χ2n) is 6.05. The van der Waals surface area contributed by atoms with Crippen LogP contribution < -0.4 is 5.32 Å². The number of nitrogens with one attached hydrogen (secondary N) is 1. The van der Waals surface area contributed by atoms with Gasteiger partial charge in [-0.3, -0.25) is 0 Å². The van der Waals surface area contributed by atoms with Crippen molar-refractivity contribution in [1.82, 2.24) is 5.32 Å². The topological polar surface area (TPSA) is 12.0 Å². The Bertz CT molecular complexity index is 363. The van der Waals surface area contributed by atoms with E-state index in [1.807, 2.05) is 0 Å². The smallest absolute Gasteiger partial charge is 0.0175 e. The maximum Gasteiger partial charge on any atom is 0.0175 e. The van der Waals surface area contributed by atoms with Crippen LogP contribution in [0.3, 0.4) is 0 Å². The lowest BCUT2D eigenvalue weighted by atomic mass is 9.80. The van der Waals surface area contributed by atoms with Crippen molar-refractivity contribution in [3.8, 4) is 0 Å². The SMILES string of the molecule is CC(C)NCC1(Cc2ccc(Br)cc2)CCCC1. The highest BCUT2D eigenvalue weighted by Crippen LogP contribution is 2.40. The van der Waals surface area contributed by atoms with E-state index in [1.165, 1.54) is 48.7 Å². The van der Waals surface area contributed by atoms with E-state index in [0.717, 1.165) is 0 Å². The first-order chi connectivity index (χ1) is 8.60. The summed E-state index contributed by atoms with van der Waals surface area (Å²) in [6, 6.07) is 9.44. The monoisotopic (exact) mass is 309 g/mol. The Morgan fingerprint density at radius 2 is 1.78 bits per heavy atom. The molecule has 1 fully saturated rings. The van der Waals surface area contributed by atoms with Crippen LogP contribution in [0.2, 0.25) is 0 Å². The average molecular weight is 310 g/mol. The van der Waals surface area contributed by atoms with Crippen molar-refractivity contribution >= 4 is 15.9 Å². The maximum atomic E-state index is 3.65. The van der Waals surface area contributed by atoms with Gasteiger partial charge in [0.2, 0.25) is 0 Å². The molecule has 0 amide bonds. The lowest BCUT2D eigenvalue weighted by molar-refractivity contribution is 0.269. The fourth-order valence-electron chi connectivity index (χ4n) is 3.00. The van der Waals surface area contributed by atoms with Gasteiger partial charge in [0.1, 0.15) is 0 Å². The molecule has 100 valence electrons. The Hall–Kier alpha value is -0.340. The van der Waals surface area contributed by atoms with E-state index in [1.54, 1.807) is 0 Å². The summed E-state index contributed by atoms with van der Waals surface area (Å²) in [5.74, 6) is 0. The third kappa shape index (κ3) is 3.83. The van der Waals surface area contributed by atoms with Gasteiger partial charge in [-0.15, -0.1) is 0 Å². The molecule has 1 aromatic carbocycles. The molecule has 18 heavy (non-hydrogen) atoms. The van der Waals surface area contributed by atoms with E-state index in [4.69, 9.17) is 0 Å². The molecule has 1 aromatic rings. The number of halogens is 1. The maximum absolute atomic E-state index is 3.65. The van der Waals surface area contributed by atoms with Crippen molar-refractivity contribution in [2.45, 2.75) is 52.0 Å². The zero-order valence-electron chi connectivity index (χ0n) is 11.5. The van der Waals surface area contributed by atoms with Gasteiger partial charge in [-0.25, -0.2) is 0 Å². The molecule has 0 heterocycles. The molecule has 1 aliphatic rings. The summed E-state index contributed by atoms with van der Waals surface area (Å²) in [6.07, 6.45) is 6.78. The molecule has 0 aliphatic heterocycles. The van der Waals surface area contributed by atoms with E-state index in [9.17, 15) is 0 Å². The Morgan fingerprint density at radius 1 is 1.17 bits per heavy atom. The van der Waals surface area contributed by atoms with E-state index >= 15 is 0 Å². The van der Waals surface area contributed by atoms with Crippen LogP contribution in [0.15, 0.2) is 28.7 Å². The molecule has 0 atom stereocenters. The number of hydrogen-bond donors (Lipinski definition) is 1. The van der Waals surface area contributed by atoms with Crippen molar-refractivity contribution < 1.29 is 0 Å². The minimum atomic E-state index is 0.498. The van der Waals surface area contributed by atoms with Crippen LogP contribution in [0.5, 0.6) is 0 Å². The van der Waals surface area contributed by atoms with Crippen LogP contribution in [-0.4, -0.2) is 12.6 Å². The van der Waals surface area contributed by atoms with Crippen molar-refractivity contribution in [1.29, 1.82) is 0 Å². The number of benzene rings is 1. The summed E-state index contributed by atoms with van der Waals surface area (Å²) in [5, 5.41) is 3.65. The van der Waals surface area contributed by atoms with Crippen LogP contribution in [-0.2, 0) is 6.42 Å². The highest BCUT2D eigenvalue weighted by Gasteiger charge is 2.33. The van der Waals surface area contributed by atoms with Crippen LogP contribution in [0.25, 0.3) is 0 Å². The Kier molecular flexibility index (Phi) is 4.85. The fraction of sp³-hybridized carbons (Fsp3) is 0.625. The molecule has 1 saturated carbocycles. The summed E-state index contributed by atoms with van der Waals surface area (Å²) >= 11 is 3.51. The molecule has 1 N–H and O–H groups in total. The number of rotatable bonds is 5. The first kappa shape index (κ1) is 14.1. The minimum Gasteiger partial charge on any atom is -0.314 e. The van der Waals surface area contributed by atoms with Gasteiger partial charge in [0.25, 0.3) is 0 Å². The van der Waals surface area contributed by atoms with Crippen molar-refractivity contribution in [2.24, 2.45) is 5.41 Å². The van der Waals surface area contributed by atoms with Gasteiger partial charge in [0, 0.05) is 17.1 Å². The molecule has 0 bridgehead atoms. The second kappa shape index (κ2) is 6.21. The summed E-state index contributed by atoms with van der Waals surface area (Å²) in [4.78, 5) is 0. The quantitative estimate of drug-likeness (QED) is 0.841. The third-order valence-corrected chi connectivity index (χ3v) is 4.57. The van der Waals surface area contributed by atoms with E-state index in [0.29, 0.717) is 11.5 Å². The van der Waals surface area contributed by atoms with Gasteiger partial charge in [-0.2, -0.15) is 0 Å². The fourth-order valence-corrected chi connectivity index (χ4v) is 3.26. The lowest BCUT2D eigenvalue weighted by Crippen LogP contribution is -2.37. The largest absolute Gasteiger partial charge is 0.314 e. The normalized spacial score (nSPS) is 18.4. The van der Waals surface area contributed by atoms with Gasteiger partial charge in [-0.1, -0.05) is 54.8 Å². The van der Waals surface area contributed by atoms with Crippen LogP contribution in [0, 0.1) is 5.41 Å². The van der Waals surface area contributed by atoms with E-state index < -0.39 is 0 Å². The van der Waals surface area contributed by atoms with Gasteiger partial charge < -0.3 is 5.32 Å². The predicted octanol–water partition coefficient (Wildman–Crippen LogP) is 4.55. The van der Waals surface area contributed by atoms with Crippen LogP contribution >= 0.6 is 15.9 Å². The summed E-state index contributed by atoms with van der Waals surface area (Å²) < 4.78 is 1.17. The molecular formula is C16H24BrN. The highest BCUT2D eigenvalue weighted by molar-refractivity contribution is 9.10. The lowest BCUT2D eigenvalue weighted by Gasteiger charge is -2.30. The molecule has 0 aromatic heterocycles. The summed E-state index contributed by atoms with van der Waals surface area (Å²) in [5.41, 5.74) is 1.98. The first-order valence-corrected chi connectivity index (χ1v) is 7.87. The minimum absolute atomic E-state index is 0.498. The third-order valence-electron chi connectivity index (χ3n) is 4.04. The molecule has 0 radical (unpaired) electrons. The molecule has 0 unspecified atom stereocenters. The molecule has 2 heteroatoms.